The minimum absolute atomic E-state index is 0. The molecule has 4 heterocycles. The van der Waals surface area contributed by atoms with Gasteiger partial charge in [0.05, 0.1) is 21.5 Å². The van der Waals surface area contributed by atoms with Crippen LogP contribution in [0.5, 0.6) is 5.88 Å². The van der Waals surface area contributed by atoms with Crippen molar-refractivity contribution in [2.45, 2.75) is 19.9 Å². The van der Waals surface area contributed by atoms with Crippen LogP contribution in [0.3, 0.4) is 0 Å². The second kappa shape index (κ2) is 8.66. The van der Waals surface area contributed by atoms with Gasteiger partial charge in [-0.05, 0) is 61.2 Å². The molecule has 2 aromatic heterocycles. The number of aryl methyl sites for hydroxylation is 1. The van der Waals surface area contributed by atoms with Gasteiger partial charge in [0.25, 0.3) is 5.56 Å². The number of thiazole rings is 1. The molecule has 164 valence electrons. The zero-order chi connectivity index (χ0) is 22.7. The molecule has 0 amide bonds. The Morgan fingerprint density at radius 3 is 2.82 bits per heavy atom. The Hall–Kier alpha value is -2.98. The Morgan fingerprint density at radius 1 is 1.18 bits per heavy atom. The first-order valence-electron chi connectivity index (χ1n) is 10.4. The maximum Gasteiger partial charge on any atom is 1.00 e. The molecule has 6 rings (SSSR count). The van der Waals surface area contributed by atoms with Crippen molar-refractivity contribution < 1.29 is 39.1 Å². The number of H-pyrrole nitrogens is 1. The molecular formula is C24H17FN5NaO2S. The van der Waals surface area contributed by atoms with E-state index in [2.05, 4.69) is 15.1 Å². The van der Waals surface area contributed by atoms with Crippen LogP contribution in [0.15, 0.2) is 59.5 Å². The molecule has 0 bridgehead atoms. The second-order valence-electron chi connectivity index (χ2n) is 7.91. The van der Waals surface area contributed by atoms with Crippen LogP contribution in [0.2, 0.25) is 0 Å². The first-order chi connectivity index (χ1) is 16.0. The minimum atomic E-state index is -0.309. The first kappa shape index (κ1) is 22.8. The zero-order valence-corrected chi connectivity index (χ0v) is 21.3. The van der Waals surface area contributed by atoms with E-state index in [-0.39, 0.29) is 46.8 Å². The number of para-hydroxylation sites is 1. The fourth-order valence-corrected chi connectivity index (χ4v) is 5.22. The quantitative estimate of drug-likeness (QED) is 0.381. The van der Waals surface area contributed by atoms with Crippen molar-refractivity contribution in [3.63, 3.8) is 0 Å². The zero-order valence-electron chi connectivity index (χ0n) is 18.5. The molecule has 0 saturated heterocycles. The molecule has 0 spiro atoms. The molecule has 0 unspecified atom stereocenters. The Balaban J connectivity index is 0.00000241. The van der Waals surface area contributed by atoms with Gasteiger partial charge in [-0.2, -0.15) is 9.78 Å². The summed E-state index contributed by atoms with van der Waals surface area (Å²) in [6.45, 7) is 2.11. The van der Waals surface area contributed by atoms with Gasteiger partial charge in [0.15, 0.2) is 0 Å². The average molecular weight is 481 g/mol. The van der Waals surface area contributed by atoms with E-state index in [9.17, 15) is 14.3 Å². The van der Waals surface area contributed by atoms with Crippen molar-refractivity contribution in [1.29, 1.82) is 0 Å². The fraction of sp³-hybridized carbons (Fsp3) is 0.125. The summed E-state index contributed by atoms with van der Waals surface area (Å²) in [6.07, 6.45) is 2.34. The maximum absolute atomic E-state index is 13.7. The number of benzene rings is 2. The topological polar surface area (TPSA) is 91.6 Å². The number of hydrogen-bond acceptors (Lipinski definition) is 5. The molecule has 34 heavy (non-hydrogen) atoms. The normalized spacial score (nSPS) is 11.5. The van der Waals surface area contributed by atoms with E-state index < -0.39 is 0 Å². The van der Waals surface area contributed by atoms with Gasteiger partial charge in [0.2, 0.25) is 5.13 Å². The van der Waals surface area contributed by atoms with Crippen molar-refractivity contribution in [2.75, 3.05) is 0 Å². The van der Waals surface area contributed by atoms with E-state index in [1.807, 2.05) is 30.5 Å². The van der Waals surface area contributed by atoms with Crippen molar-refractivity contribution in [3.8, 4) is 22.3 Å². The van der Waals surface area contributed by atoms with Gasteiger partial charge in [-0.1, -0.05) is 23.5 Å². The molecule has 10 heteroatoms. The van der Waals surface area contributed by atoms with Crippen LogP contribution in [-0.4, -0.2) is 24.3 Å². The van der Waals surface area contributed by atoms with Crippen molar-refractivity contribution in [2.24, 2.45) is 0 Å². The van der Waals surface area contributed by atoms with Gasteiger partial charge in [-0.3, -0.25) is 4.79 Å². The number of nitrogens with zero attached hydrogens (tertiary/aromatic N) is 4. The maximum atomic E-state index is 13.7. The van der Waals surface area contributed by atoms with Crippen LogP contribution in [0.1, 0.15) is 11.3 Å². The van der Waals surface area contributed by atoms with Crippen molar-refractivity contribution in [3.05, 3.63) is 82.2 Å². The molecule has 2 aliphatic rings. The van der Waals surface area contributed by atoms with Gasteiger partial charge in [0, 0.05) is 29.3 Å². The smallest absolute Gasteiger partial charge is 0.860 e. The number of pyridine rings is 1. The molecule has 7 nitrogen and oxygen atoms in total. The summed E-state index contributed by atoms with van der Waals surface area (Å²) in [5, 5.41) is 18.5. The molecule has 1 N–H and O–H groups in total. The third kappa shape index (κ3) is 3.65. The molecule has 0 fully saturated rings. The van der Waals surface area contributed by atoms with Gasteiger partial charge >= 0.3 is 29.6 Å². The predicted molar refractivity (Wildman–Crippen MR) is 124 cm³/mol. The number of rotatable bonds is 4. The Labute approximate surface area is 219 Å². The minimum Gasteiger partial charge on any atom is -0.860 e. The summed E-state index contributed by atoms with van der Waals surface area (Å²) in [5.41, 5.74) is 3.55. The average Bonchev–Trinajstić information content (AvgIpc) is 3.48. The molecule has 2 aromatic carbocycles. The number of halogens is 1. The van der Waals surface area contributed by atoms with Crippen LogP contribution in [0.4, 0.5) is 4.39 Å². The Morgan fingerprint density at radius 2 is 2.00 bits per heavy atom. The summed E-state index contributed by atoms with van der Waals surface area (Å²) < 4.78 is 17.5. The number of fused-ring (bicyclic) bond motifs is 3. The predicted octanol–water partition coefficient (Wildman–Crippen LogP) is 0.998. The van der Waals surface area contributed by atoms with Gasteiger partial charge in [-0.25, -0.2) is 9.37 Å². The van der Waals surface area contributed by atoms with E-state index >= 15 is 0 Å². The van der Waals surface area contributed by atoms with Crippen molar-refractivity contribution in [1.82, 2.24) is 24.3 Å². The second-order valence-corrected chi connectivity index (χ2v) is 8.92. The fourth-order valence-electron chi connectivity index (χ4n) is 4.30. The summed E-state index contributed by atoms with van der Waals surface area (Å²) in [4.78, 5) is 20.9. The third-order valence-corrected chi connectivity index (χ3v) is 6.97. The SMILES string of the molecule is Cc1c2c(=O)n(-c3nc4ccccc4s3)nc-2cc([O-])n1CCc1c[nH]c2ccc(F)cc12.[Na+]. The molecule has 0 atom stereocenters. The van der Waals surface area contributed by atoms with E-state index in [1.165, 1.54) is 34.2 Å². The van der Waals surface area contributed by atoms with E-state index in [4.69, 9.17) is 0 Å². The largest absolute Gasteiger partial charge is 1.00 e. The summed E-state index contributed by atoms with van der Waals surface area (Å²) >= 11 is 1.38. The standard InChI is InChI=1S/C24H18FN5O2S.Na/c1-13-22-19(28-30(23(22)32)24-27-18-4-2-3-5-20(18)33-24)11-21(31)29(13)9-8-14-12-26-17-7-6-15(25)10-16(14)17;/h2-7,10-12,26,31H,8-9H2,1H3;/q;+1/p-1. The Kier molecular flexibility index (Phi) is 5.81. The molecule has 2 aliphatic heterocycles. The summed E-state index contributed by atoms with van der Waals surface area (Å²) in [5.74, 6) is -0.545. The molecule has 4 aromatic rings. The number of aromatic amines is 1. The number of nitrogens with one attached hydrogen (secondary N) is 1. The monoisotopic (exact) mass is 481 g/mol. The van der Waals surface area contributed by atoms with E-state index in [0.717, 1.165) is 26.7 Å². The van der Waals surface area contributed by atoms with Crippen LogP contribution < -0.4 is 40.2 Å². The van der Waals surface area contributed by atoms with E-state index in [0.29, 0.717) is 35.0 Å². The molecular weight excluding hydrogens is 464 g/mol. The number of aromatic nitrogens is 5. The van der Waals surface area contributed by atoms with Crippen LogP contribution in [0.25, 0.3) is 37.5 Å². The van der Waals surface area contributed by atoms with Gasteiger partial charge in [0.1, 0.15) is 5.82 Å². The first-order valence-corrected chi connectivity index (χ1v) is 11.2. The molecule has 0 aliphatic carbocycles. The van der Waals surface area contributed by atoms with Crippen LogP contribution in [0, 0.1) is 12.7 Å². The van der Waals surface area contributed by atoms with Crippen LogP contribution in [-0.2, 0) is 13.0 Å². The van der Waals surface area contributed by atoms with Gasteiger partial charge in [-0.15, -0.1) is 0 Å². The molecule has 0 saturated carbocycles. The van der Waals surface area contributed by atoms with Crippen LogP contribution >= 0.6 is 11.3 Å². The summed E-state index contributed by atoms with van der Waals surface area (Å²) in [6, 6.07) is 13.6. The van der Waals surface area contributed by atoms with Gasteiger partial charge < -0.3 is 14.7 Å². The Bertz CT molecular complexity index is 1670. The molecule has 0 radical (unpaired) electrons. The summed E-state index contributed by atoms with van der Waals surface area (Å²) in [7, 11) is 0. The van der Waals surface area contributed by atoms with E-state index in [1.54, 1.807) is 17.6 Å². The third-order valence-electron chi connectivity index (χ3n) is 5.96. The van der Waals surface area contributed by atoms with Crippen molar-refractivity contribution >= 4 is 32.5 Å². The number of hydrogen-bond donors (Lipinski definition) is 1.